The van der Waals surface area contributed by atoms with Gasteiger partial charge in [-0.2, -0.15) is 0 Å². The standard InChI is InChI=1S/C74H55N5/c1-74(2,3)58-40-43-67-65(46-58)62-42-41-59(79-68-30-18-16-28-60(68)61-29-17-19-31-69(61)79)47-70(62)78(67)48-66-63(53-36-32-51(33-37-53)49-20-8-4-9-21-49)44-57(45-64(66)54-38-34-52(35-39-54)50-22-10-5-11-23-50)73-76-71(55-24-12-6-13-25-55)75-72(77-73)56-26-14-7-15-27-56/h4-47H,48H2,1-3H3. The van der Waals surface area contributed by atoms with Crippen LogP contribution >= 0.6 is 0 Å². The maximum atomic E-state index is 5.34. The Kier molecular flexibility index (Phi) is 11.8. The Hall–Kier alpha value is -9.97. The molecule has 14 rings (SSSR count). The van der Waals surface area contributed by atoms with E-state index < -0.39 is 0 Å². The zero-order valence-electron chi connectivity index (χ0n) is 44.3. The molecule has 14 aromatic rings. The molecule has 0 fully saturated rings. The highest BCUT2D eigenvalue weighted by molar-refractivity contribution is 6.11. The van der Waals surface area contributed by atoms with Crippen LogP contribution < -0.4 is 0 Å². The first-order valence-corrected chi connectivity index (χ1v) is 27.2. The summed E-state index contributed by atoms with van der Waals surface area (Å²) in [7, 11) is 0. The third-order valence-electron chi connectivity index (χ3n) is 15.7. The van der Waals surface area contributed by atoms with E-state index in [1.807, 2.05) is 36.4 Å². The van der Waals surface area contributed by atoms with Crippen molar-refractivity contribution in [2.75, 3.05) is 0 Å². The van der Waals surface area contributed by atoms with Gasteiger partial charge in [-0.3, -0.25) is 0 Å². The Bertz CT molecular complexity index is 4340. The maximum Gasteiger partial charge on any atom is 0.164 e. The molecule has 0 unspecified atom stereocenters. The van der Waals surface area contributed by atoms with Gasteiger partial charge in [0.15, 0.2) is 17.5 Å². The van der Waals surface area contributed by atoms with E-state index >= 15 is 0 Å². The van der Waals surface area contributed by atoms with Crippen molar-refractivity contribution in [3.63, 3.8) is 0 Å². The van der Waals surface area contributed by atoms with Crippen molar-refractivity contribution in [2.45, 2.75) is 32.7 Å². The van der Waals surface area contributed by atoms with E-state index in [1.165, 1.54) is 60.3 Å². The number of nitrogens with zero attached hydrogens (tertiary/aromatic N) is 5. The van der Waals surface area contributed by atoms with Crippen LogP contribution in [0.5, 0.6) is 0 Å². The number of rotatable bonds is 10. The Balaban J connectivity index is 1.05. The smallest absolute Gasteiger partial charge is 0.164 e. The van der Waals surface area contributed by atoms with Crippen molar-refractivity contribution in [1.29, 1.82) is 0 Å². The Morgan fingerprint density at radius 3 is 1.19 bits per heavy atom. The second-order valence-corrected chi connectivity index (χ2v) is 21.6. The van der Waals surface area contributed by atoms with Crippen molar-refractivity contribution < 1.29 is 0 Å². The van der Waals surface area contributed by atoms with Crippen LogP contribution in [0.3, 0.4) is 0 Å². The van der Waals surface area contributed by atoms with Gasteiger partial charge in [0.2, 0.25) is 0 Å². The minimum atomic E-state index is -0.0463. The summed E-state index contributed by atoms with van der Waals surface area (Å²) >= 11 is 0. The van der Waals surface area contributed by atoms with Crippen molar-refractivity contribution >= 4 is 43.6 Å². The lowest BCUT2D eigenvalue weighted by Crippen LogP contribution is -2.10. The van der Waals surface area contributed by atoms with Crippen LogP contribution in [0.1, 0.15) is 31.9 Å². The zero-order valence-corrected chi connectivity index (χ0v) is 44.3. The topological polar surface area (TPSA) is 48.5 Å². The van der Waals surface area contributed by atoms with Gasteiger partial charge in [0.25, 0.3) is 0 Å². The maximum absolute atomic E-state index is 5.34. The van der Waals surface area contributed by atoms with Gasteiger partial charge in [-0.25, -0.2) is 15.0 Å². The van der Waals surface area contributed by atoms with Gasteiger partial charge in [0.1, 0.15) is 0 Å². The van der Waals surface area contributed by atoms with E-state index in [1.54, 1.807) is 0 Å². The van der Waals surface area contributed by atoms with Gasteiger partial charge in [0.05, 0.1) is 16.6 Å². The normalized spacial score (nSPS) is 11.8. The number of hydrogen-bond acceptors (Lipinski definition) is 3. The molecule has 0 N–H and O–H groups in total. The molecule has 11 aromatic carbocycles. The lowest BCUT2D eigenvalue weighted by Gasteiger charge is -2.21. The molecule has 3 heterocycles. The fraction of sp³-hybridized carbons (Fsp3) is 0.0676. The predicted octanol–water partition coefficient (Wildman–Crippen LogP) is 19.1. The first kappa shape index (κ1) is 47.5. The highest BCUT2D eigenvalue weighted by Gasteiger charge is 2.24. The van der Waals surface area contributed by atoms with E-state index in [4.69, 9.17) is 15.0 Å². The number of para-hydroxylation sites is 2. The molecule has 0 saturated carbocycles. The second-order valence-electron chi connectivity index (χ2n) is 21.6. The molecule has 0 spiro atoms. The fourth-order valence-corrected chi connectivity index (χ4v) is 11.6. The van der Waals surface area contributed by atoms with Gasteiger partial charge in [-0.15, -0.1) is 0 Å². The summed E-state index contributed by atoms with van der Waals surface area (Å²) in [5.41, 5.74) is 20.1. The van der Waals surface area contributed by atoms with Gasteiger partial charge in [-0.1, -0.05) is 239 Å². The zero-order chi connectivity index (χ0) is 53.0. The molecular formula is C74H55N5. The van der Waals surface area contributed by atoms with Crippen LogP contribution in [-0.4, -0.2) is 24.1 Å². The average molecular weight is 1010 g/mol. The first-order valence-electron chi connectivity index (χ1n) is 27.2. The fourth-order valence-electron chi connectivity index (χ4n) is 11.6. The van der Waals surface area contributed by atoms with Crippen molar-refractivity contribution in [3.8, 4) is 84.4 Å². The first-order chi connectivity index (χ1) is 38.8. The third-order valence-corrected chi connectivity index (χ3v) is 15.7. The summed E-state index contributed by atoms with van der Waals surface area (Å²) in [5, 5.41) is 4.94. The highest BCUT2D eigenvalue weighted by atomic mass is 15.0. The summed E-state index contributed by atoms with van der Waals surface area (Å²) in [5.74, 6) is 1.84. The summed E-state index contributed by atoms with van der Waals surface area (Å²) in [6.45, 7) is 7.48. The highest BCUT2D eigenvalue weighted by Crippen LogP contribution is 2.43. The van der Waals surface area contributed by atoms with Gasteiger partial charge in [0, 0.05) is 56.0 Å². The molecule has 3 aromatic heterocycles. The molecule has 0 amide bonds. The van der Waals surface area contributed by atoms with Crippen LogP contribution in [0.4, 0.5) is 0 Å². The van der Waals surface area contributed by atoms with Crippen molar-refractivity contribution in [1.82, 2.24) is 24.1 Å². The van der Waals surface area contributed by atoms with Crippen molar-refractivity contribution in [3.05, 3.63) is 278 Å². The van der Waals surface area contributed by atoms with E-state index in [-0.39, 0.29) is 5.41 Å². The van der Waals surface area contributed by atoms with Crippen LogP contribution in [0.2, 0.25) is 0 Å². The summed E-state index contributed by atoms with van der Waals surface area (Å²) in [6.07, 6.45) is 0. The Morgan fingerprint density at radius 2 is 0.709 bits per heavy atom. The Morgan fingerprint density at radius 1 is 0.304 bits per heavy atom. The largest absolute Gasteiger partial charge is 0.336 e. The van der Waals surface area contributed by atoms with E-state index in [2.05, 4.69) is 260 Å². The molecule has 5 nitrogen and oxygen atoms in total. The molecule has 0 atom stereocenters. The monoisotopic (exact) mass is 1010 g/mol. The minimum Gasteiger partial charge on any atom is -0.336 e. The van der Waals surface area contributed by atoms with E-state index in [0.717, 1.165) is 61.3 Å². The molecule has 0 radical (unpaired) electrons. The molecule has 0 saturated heterocycles. The number of aromatic nitrogens is 5. The summed E-state index contributed by atoms with van der Waals surface area (Å²) in [6, 6.07) is 96.3. The molecule has 79 heavy (non-hydrogen) atoms. The lowest BCUT2D eigenvalue weighted by molar-refractivity contribution is 0.591. The van der Waals surface area contributed by atoms with Crippen LogP contribution in [0.25, 0.3) is 128 Å². The van der Waals surface area contributed by atoms with Gasteiger partial charge >= 0.3 is 0 Å². The van der Waals surface area contributed by atoms with Gasteiger partial charge in [-0.05, 0) is 110 Å². The molecule has 376 valence electrons. The molecule has 5 heteroatoms. The molecule has 0 aliphatic rings. The van der Waals surface area contributed by atoms with Crippen molar-refractivity contribution in [2.24, 2.45) is 0 Å². The van der Waals surface area contributed by atoms with Crippen LogP contribution in [-0.2, 0) is 12.0 Å². The lowest BCUT2D eigenvalue weighted by atomic mass is 9.86. The van der Waals surface area contributed by atoms with Crippen LogP contribution in [0.15, 0.2) is 267 Å². The summed E-state index contributed by atoms with van der Waals surface area (Å²) < 4.78 is 5.00. The van der Waals surface area contributed by atoms with Crippen LogP contribution in [0, 0.1) is 0 Å². The second kappa shape index (κ2) is 19.6. The quantitative estimate of drug-likeness (QED) is 0.137. The molecule has 0 aliphatic carbocycles. The number of benzene rings is 11. The number of hydrogen-bond donors (Lipinski definition) is 0. The molecule has 0 bridgehead atoms. The minimum absolute atomic E-state index is 0.0463. The van der Waals surface area contributed by atoms with E-state index in [0.29, 0.717) is 24.0 Å². The predicted molar refractivity (Wildman–Crippen MR) is 329 cm³/mol. The molecule has 0 aliphatic heterocycles. The number of fused-ring (bicyclic) bond motifs is 6. The summed E-state index contributed by atoms with van der Waals surface area (Å²) in [4.78, 5) is 15.8. The SMILES string of the molecule is CC(C)(C)c1ccc2c(c1)c1ccc(-n3c4ccccc4c4ccccc43)cc1n2Cc1c(-c2ccc(-c3ccccc3)cc2)cc(-c2nc(-c3ccccc3)nc(-c3ccccc3)n2)cc1-c1ccc(-c2ccccc2)cc1. The Labute approximate surface area is 460 Å². The van der Waals surface area contributed by atoms with E-state index in [9.17, 15) is 0 Å². The molecular weight excluding hydrogens is 959 g/mol. The average Bonchev–Trinajstić information content (AvgIpc) is 4.21. The van der Waals surface area contributed by atoms with Gasteiger partial charge < -0.3 is 9.13 Å². The third kappa shape index (κ3) is 8.76.